The normalized spacial score (nSPS) is 10.6. The Balaban J connectivity index is 0.00000312. The van der Waals surface area contributed by atoms with E-state index in [1.54, 1.807) is 31.6 Å². The maximum absolute atomic E-state index is 11.9. The number of carbonyl (C=O) groups is 1. The molecule has 0 unspecified atom stereocenters. The molecular formula is C17H21ClIN5O. The van der Waals surface area contributed by atoms with Gasteiger partial charge in [-0.05, 0) is 36.2 Å². The molecule has 1 amide bonds. The topological polar surface area (TPSA) is 78.4 Å². The smallest absolute Gasteiger partial charge is 0.243 e. The summed E-state index contributed by atoms with van der Waals surface area (Å²) < 4.78 is 0. The number of anilines is 1. The zero-order valence-corrected chi connectivity index (χ0v) is 16.9. The van der Waals surface area contributed by atoms with Crippen LogP contribution in [0.4, 0.5) is 5.69 Å². The Hall–Kier alpha value is -1.87. The molecule has 134 valence electrons. The van der Waals surface area contributed by atoms with Crippen LogP contribution in [0.3, 0.4) is 0 Å². The number of carbonyl (C=O) groups excluding carboxylic acids is 1. The molecule has 0 atom stereocenters. The van der Waals surface area contributed by atoms with Crippen molar-refractivity contribution in [3.63, 3.8) is 0 Å². The lowest BCUT2D eigenvalue weighted by molar-refractivity contribution is -0.115. The summed E-state index contributed by atoms with van der Waals surface area (Å²) in [7, 11) is 1.66. The number of nitrogens with one attached hydrogen (secondary N) is 3. The Morgan fingerprint density at radius 1 is 1.24 bits per heavy atom. The summed E-state index contributed by atoms with van der Waals surface area (Å²) >= 11 is 5.96. The largest absolute Gasteiger partial charge is 0.356 e. The average Bonchev–Trinajstić information content (AvgIpc) is 2.59. The summed E-state index contributed by atoms with van der Waals surface area (Å²) in [6.07, 6.45) is 4.05. The lowest BCUT2D eigenvalue weighted by Crippen LogP contribution is -2.42. The van der Waals surface area contributed by atoms with E-state index in [-0.39, 0.29) is 36.4 Å². The fourth-order valence-electron chi connectivity index (χ4n) is 2.04. The summed E-state index contributed by atoms with van der Waals surface area (Å²) in [4.78, 5) is 19.9. The molecule has 25 heavy (non-hydrogen) atoms. The van der Waals surface area contributed by atoms with Gasteiger partial charge >= 0.3 is 0 Å². The van der Waals surface area contributed by atoms with Gasteiger partial charge in [-0.25, -0.2) is 0 Å². The monoisotopic (exact) mass is 473 g/mol. The molecule has 3 N–H and O–H groups in total. The number of rotatable bonds is 6. The summed E-state index contributed by atoms with van der Waals surface area (Å²) in [5, 5.41) is 9.60. The molecule has 0 bridgehead atoms. The molecule has 0 saturated carbocycles. The summed E-state index contributed by atoms with van der Waals surface area (Å²) in [6.45, 7) is 0.802. The van der Waals surface area contributed by atoms with Crippen LogP contribution in [0.2, 0.25) is 5.02 Å². The van der Waals surface area contributed by atoms with E-state index in [9.17, 15) is 4.79 Å². The zero-order valence-electron chi connectivity index (χ0n) is 13.8. The Morgan fingerprint density at radius 3 is 2.76 bits per heavy atom. The van der Waals surface area contributed by atoms with Crippen LogP contribution in [-0.4, -0.2) is 37.0 Å². The number of hydrogen-bond donors (Lipinski definition) is 3. The van der Waals surface area contributed by atoms with E-state index in [2.05, 4.69) is 25.9 Å². The van der Waals surface area contributed by atoms with Crippen molar-refractivity contribution in [3.8, 4) is 0 Å². The summed E-state index contributed by atoms with van der Waals surface area (Å²) in [5.74, 6) is 0.402. The van der Waals surface area contributed by atoms with E-state index < -0.39 is 0 Å². The van der Waals surface area contributed by atoms with Gasteiger partial charge in [-0.2, -0.15) is 0 Å². The first-order chi connectivity index (χ1) is 11.7. The molecule has 0 aliphatic rings. The van der Waals surface area contributed by atoms with Gasteiger partial charge in [0.1, 0.15) is 0 Å². The highest BCUT2D eigenvalue weighted by molar-refractivity contribution is 14.0. The van der Waals surface area contributed by atoms with Crippen molar-refractivity contribution in [2.24, 2.45) is 4.99 Å². The molecule has 0 radical (unpaired) electrons. The second kappa shape index (κ2) is 11.6. The number of guanidine groups is 1. The van der Waals surface area contributed by atoms with Gasteiger partial charge in [0.25, 0.3) is 0 Å². The number of aromatic nitrogens is 1. The van der Waals surface area contributed by atoms with Gasteiger partial charge in [0.05, 0.1) is 18.4 Å². The molecule has 0 saturated heterocycles. The summed E-state index contributed by atoms with van der Waals surface area (Å²) in [6, 6.07) is 11.3. The van der Waals surface area contributed by atoms with Gasteiger partial charge < -0.3 is 16.0 Å². The lowest BCUT2D eigenvalue weighted by atomic mass is 10.1. The molecular weight excluding hydrogens is 453 g/mol. The molecule has 1 aromatic heterocycles. The van der Waals surface area contributed by atoms with Gasteiger partial charge in [-0.3, -0.25) is 14.8 Å². The van der Waals surface area contributed by atoms with Gasteiger partial charge in [0.2, 0.25) is 5.91 Å². The Labute approximate surface area is 169 Å². The third kappa shape index (κ3) is 8.17. The highest BCUT2D eigenvalue weighted by Crippen LogP contribution is 2.10. The van der Waals surface area contributed by atoms with Crippen LogP contribution >= 0.6 is 35.6 Å². The lowest BCUT2D eigenvalue weighted by Gasteiger charge is -2.12. The molecule has 1 heterocycles. The quantitative estimate of drug-likeness (QED) is 0.342. The van der Waals surface area contributed by atoms with Crippen molar-refractivity contribution in [1.29, 1.82) is 0 Å². The van der Waals surface area contributed by atoms with E-state index in [0.29, 0.717) is 18.2 Å². The maximum atomic E-state index is 11.9. The van der Waals surface area contributed by atoms with Crippen LogP contribution in [0.5, 0.6) is 0 Å². The fraction of sp³-hybridized carbons (Fsp3) is 0.235. The molecule has 2 aromatic rings. The van der Waals surface area contributed by atoms with Crippen molar-refractivity contribution in [2.75, 3.05) is 25.5 Å². The van der Waals surface area contributed by atoms with Crippen LogP contribution in [0.15, 0.2) is 53.8 Å². The highest BCUT2D eigenvalue weighted by Gasteiger charge is 2.04. The first-order valence-corrected chi connectivity index (χ1v) is 7.94. The van der Waals surface area contributed by atoms with Crippen molar-refractivity contribution in [3.05, 3.63) is 59.4 Å². The molecule has 0 spiro atoms. The van der Waals surface area contributed by atoms with E-state index in [1.165, 1.54) is 0 Å². The van der Waals surface area contributed by atoms with Crippen LogP contribution in [0.1, 0.15) is 5.56 Å². The van der Waals surface area contributed by atoms with Gasteiger partial charge in [0.15, 0.2) is 5.96 Å². The minimum absolute atomic E-state index is 0. The molecule has 8 heteroatoms. The molecule has 0 aliphatic carbocycles. The second-order valence-corrected chi connectivity index (χ2v) is 5.46. The van der Waals surface area contributed by atoms with Gasteiger partial charge in [-0.15, -0.1) is 24.0 Å². The number of aliphatic imine (C=N–C) groups is 1. The number of pyridine rings is 1. The third-order valence-corrected chi connectivity index (χ3v) is 3.42. The Bertz CT molecular complexity index is 696. The van der Waals surface area contributed by atoms with E-state index in [1.807, 2.05) is 24.3 Å². The first-order valence-electron chi connectivity index (χ1n) is 7.56. The zero-order chi connectivity index (χ0) is 17.2. The SMILES string of the molecule is CN=C(NCCc1cccc(Cl)c1)NCC(=O)Nc1cccnc1.I. The number of benzene rings is 1. The van der Waals surface area contributed by atoms with Crippen molar-refractivity contribution < 1.29 is 4.79 Å². The van der Waals surface area contributed by atoms with Crippen LogP contribution in [0.25, 0.3) is 0 Å². The van der Waals surface area contributed by atoms with Crippen LogP contribution in [0, 0.1) is 0 Å². The van der Waals surface area contributed by atoms with Crippen LogP contribution in [-0.2, 0) is 11.2 Å². The molecule has 6 nitrogen and oxygen atoms in total. The van der Waals surface area contributed by atoms with E-state index in [4.69, 9.17) is 11.6 Å². The molecule has 0 fully saturated rings. The maximum Gasteiger partial charge on any atom is 0.243 e. The van der Waals surface area contributed by atoms with Crippen LogP contribution < -0.4 is 16.0 Å². The molecule has 0 aliphatic heterocycles. The summed E-state index contributed by atoms with van der Waals surface area (Å²) in [5.41, 5.74) is 1.80. The molecule has 2 rings (SSSR count). The molecule has 1 aromatic carbocycles. The van der Waals surface area contributed by atoms with E-state index in [0.717, 1.165) is 17.0 Å². The number of nitrogens with zero attached hydrogens (tertiary/aromatic N) is 2. The number of halogens is 2. The van der Waals surface area contributed by atoms with E-state index >= 15 is 0 Å². The minimum atomic E-state index is -0.166. The standard InChI is InChI=1S/C17H20ClN5O.HI/c1-19-17(21-9-7-13-4-2-5-14(18)10-13)22-12-16(24)23-15-6-3-8-20-11-15;/h2-6,8,10-11H,7,9,12H2,1H3,(H,23,24)(H2,19,21,22);1H. The minimum Gasteiger partial charge on any atom is -0.356 e. The Morgan fingerprint density at radius 2 is 2.08 bits per heavy atom. The predicted octanol–water partition coefficient (Wildman–Crippen LogP) is 2.70. The van der Waals surface area contributed by atoms with Crippen molar-refractivity contribution in [1.82, 2.24) is 15.6 Å². The van der Waals surface area contributed by atoms with Crippen molar-refractivity contribution in [2.45, 2.75) is 6.42 Å². The fourth-order valence-corrected chi connectivity index (χ4v) is 2.26. The average molecular weight is 474 g/mol. The Kier molecular flexibility index (Phi) is 9.86. The predicted molar refractivity (Wildman–Crippen MR) is 113 cm³/mol. The van der Waals surface area contributed by atoms with Gasteiger partial charge in [0, 0.05) is 24.8 Å². The van der Waals surface area contributed by atoms with Crippen molar-refractivity contribution >= 4 is 53.1 Å². The third-order valence-electron chi connectivity index (χ3n) is 3.18. The first kappa shape index (κ1) is 21.2. The van der Waals surface area contributed by atoms with Gasteiger partial charge in [-0.1, -0.05) is 23.7 Å². The second-order valence-electron chi connectivity index (χ2n) is 5.02. The number of hydrogen-bond acceptors (Lipinski definition) is 3. The highest BCUT2D eigenvalue weighted by atomic mass is 127. The number of amides is 1.